The fourth-order valence-corrected chi connectivity index (χ4v) is 2.57. The van der Waals surface area contributed by atoms with Gasteiger partial charge in [-0.25, -0.2) is 0 Å². The van der Waals surface area contributed by atoms with Gasteiger partial charge in [0.15, 0.2) is 0 Å². The molecule has 0 spiro atoms. The van der Waals surface area contributed by atoms with Crippen molar-refractivity contribution in [2.45, 2.75) is 38.5 Å². The minimum atomic E-state index is -0.699. The van der Waals surface area contributed by atoms with Gasteiger partial charge in [-0.1, -0.05) is 0 Å². The summed E-state index contributed by atoms with van der Waals surface area (Å²) in [5, 5.41) is 13.5. The third kappa shape index (κ3) is 6.68. The molecule has 19 heavy (non-hydrogen) atoms. The Bertz CT molecular complexity index is 257. The molecule has 0 bridgehead atoms. The third-order valence-electron chi connectivity index (χ3n) is 3.44. The highest BCUT2D eigenvalue weighted by Gasteiger charge is 2.24. The summed E-state index contributed by atoms with van der Waals surface area (Å²) in [6.07, 6.45) is 0.228. The Labute approximate surface area is 117 Å². The van der Waals surface area contributed by atoms with Gasteiger partial charge in [-0.2, -0.15) is 0 Å². The van der Waals surface area contributed by atoms with Crippen molar-refractivity contribution in [1.29, 1.82) is 0 Å². The number of rotatable bonds is 7. The molecule has 0 aromatic heterocycles. The zero-order chi connectivity index (χ0) is 14.5. The summed E-state index contributed by atoms with van der Waals surface area (Å²) >= 11 is 0. The van der Waals surface area contributed by atoms with Crippen LogP contribution < -0.4 is 5.32 Å². The Morgan fingerprint density at radius 3 is 2.74 bits per heavy atom. The van der Waals surface area contributed by atoms with Crippen molar-refractivity contribution >= 4 is 0 Å². The molecular formula is C14H31N3O2. The zero-order valence-corrected chi connectivity index (χ0v) is 13.1. The van der Waals surface area contributed by atoms with Gasteiger partial charge in [0.05, 0.1) is 18.3 Å². The minimum Gasteiger partial charge on any atom is -0.388 e. The van der Waals surface area contributed by atoms with Crippen molar-refractivity contribution in [1.82, 2.24) is 15.1 Å². The van der Waals surface area contributed by atoms with E-state index in [1.54, 1.807) is 0 Å². The van der Waals surface area contributed by atoms with Crippen LogP contribution in [0.2, 0.25) is 0 Å². The molecule has 1 aliphatic rings. The maximum Gasteiger partial charge on any atom is 0.0869 e. The second kappa shape index (κ2) is 7.55. The maximum absolute atomic E-state index is 10.2. The van der Waals surface area contributed by atoms with E-state index in [9.17, 15) is 5.11 Å². The van der Waals surface area contributed by atoms with Crippen LogP contribution in [-0.2, 0) is 4.74 Å². The molecule has 114 valence electrons. The Kier molecular flexibility index (Phi) is 6.69. The molecule has 1 aliphatic heterocycles. The number of hydrogen-bond donors (Lipinski definition) is 2. The summed E-state index contributed by atoms with van der Waals surface area (Å²) in [5.41, 5.74) is -0.699. The van der Waals surface area contributed by atoms with Crippen molar-refractivity contribution in [2.75, 3.05) is 53.4 Å². The highest BCUT2D eigenvalue weighted by molar-refractivity contribution is 4.81. The predicted octanol–water partition coefficient (Wildman–Crippen LogP) is -0.00220. The van der Waals surface area contributed by atoms with E-state index in [0.29, 0.717) is 19.1 Å². The Morgan fingerprint density at radius 1 is 1.47 bits per heavy atom. The molecule has 5 heteroatoms. The standard InChI is InChI=1S/C14H31N3O2/c1-12(2)17-6-7-19-13(9-17)8-15-10-14(3,18)11-16(4)5/h12-13,15,18H,6-11H2,1-5H3. The fraction of sp³-hybridized carbons (Fsp3) is 1.00. The first-order chi connectivity index (χ1) is 8.80. The summed E-state index contributed by atoms with van der Waals surface area (Å²) in [6, 6.07) is 0.572. The molecule has 0 aliphatic carbocycles. The molecule has 1 fully saturated rings. The molecule has 2 unspecified atom stereocenters. The van der Waals surface area contributed by atoms with Crippen LogP contribution in [0.25, 0.3) is 0 Å². The van der Waals surface area contributed by atoms with Crippen molar-refractivity contribution in [3.63, 3.8) is 0 Å². The Morgan fingerprint density at radius 2 is 2.16 bits per heavy atom. The number of aliphatic hydroxyl groups is 1. The van der Waals surface area contributed by atoms with Crippen molar-refractivity contribution in [2.24, 2.45) is 0 Å². The zero-order valence-electron chi connectivity index (χ0n) is 13.1. The molecule has 0 radical (unpaired) electrons. The number of nitrogens with one attached hydrogen (secondary N) is 1. The molecule has 2 atom stereocenters. The average molecular weight is 273 g/mol. The van der Waals surface area contributed by atoms with Gasteiger partial charge in [-0.15, -0.1) is 0 Å². The highest BCUT2D eigenvalue weighted by Crippen LogP contribution is 2.08. The van der Waals surface area contributed by atoms with E-state index in [1.165, 1.54) is 0 Å². The van der Waals surface area contributed by atoms with Gasteiger partial charge in [0.25, 0.3) is 0 Å². The van der Waals surface area contributed by atoms with Gasteiger partial charge >= 0.3 is 0 Å². The number of nitrogens with zero attached hydrogens (tertiary/aromatic N) is 2. The van der Waals surface area contributed by atoms with Gasteiger partial charge < -0.3 is 20.1 Å². The van der Waals surface area contributed by atoms with Crippen LogP contribution in [0.3, 0.4) is 0 Å². The largest absolute Gasteiger partial charge is 0.388 e. The molecule has 1 rings (SSSR count). The first-order valence-corrected chi connectivity index (χ1v) is 7.23. The van der Waals surface area contributed by atoms with Crippen LogP contribution in [0.1, 0.15) is 20.8 Å². The lowest BCUT2D eigenvalue weighted by molar-refractivity contribution is -0.0404. The van der Waals surface area contributed by atoms with Gasteiger partial charge in [0, 0.05) is 38.8 Å². The topological polar surface area (TPSA) is 48.0 Å². The summed E-state index contributed by atoms with van der Waals surface area (Å²) in [6.45, 7) is 11.1. The van der Waals surface area contributed by atoms with Crippen LogP contribution in [0.15, 0.2) is 0 Å². The van der Waals surface area contributed by atoms with Gasteiger partial charge in [0.2, 0.25) is 0 Å². The summed E-state index contributed by atoms with van der Waals surface area (Å²) < 4.78 is 5.76. The monoisotopic (exact) mass is 273 g/mol. The SMILES string of the molecule is CC(C)N1CCOC(CNCC(C)(O)CN(C)C)C1. The molecule has 0 amide bonds. The molecule has 0 saturated carbocycles. The van der Waals surface area contributed by atoms with E-state index >= 15 is 0 Å². The molecule has 2 N–H and O–H groups in total. The van der Waals surface area contributed by atoms with E-state index in [4.69, 9.17) is 4.74 Å². The molecule has 1 saturated heterocycles. The van der Waals surface area contributed by atoms with Crippen molar-refractivity contribution in [3.8, 4) is 0 Å². The number of hydrogen-bond acceptors (Lipinski definition) is 5. The number of morpholine rings is 1. The fourth-order valence-electron chi connectivity index (χ4n) is 2.57. The summed E-state index contributed by atoms with van der Waals surface area (Å²) in [5.74, 6) is 0. The van der Waals surface area contributed by atoms with Gasteiger partial charge in [-0.05, 0) is 34.9 Å². The van der Waals surface area contributed by atoms with Crippen LogP contribution in [-0.4, -0.2) is 86.1 Å². The van der Waals surface area contributed by atoms with E-state index < -0.39 is 5.60 Å². The molecule has 1 heterocycles. The smallest absolute Gasteiger partial charge is 0.0869 e. The van der Waals surface area contributed by atoms with Gasteiger partial charge in [0.1, 0.15) is 0 Å². The van der Waals surface area contributed by atoms with E-state index in [1.807, 2.05) is 25.9 Å². The van der Waals surface area contributed by atoms with Crippen LogP contribution in [0, 0.1) is 0 Å². The number of ether oxygens (including phenoxy) is 1. The second-order valence-electron chi connectivity index (χ2n) is 6.45. The van der Waals surface area contributed by atoms with Crippen LogP contribution in [0.5, 0.6) is 0 Å². The quantitative estimate of drug-likeness (QED) is 0.684. The van der Waals surface area contributed by atoms with Crippen molar-refractivity contribution in [3.05, 3.63) is 0 Å². The third-order valence-corrected chi connectivity index (χ3v) is 3.44. The number of likely N-dealkylation sites (N-methyl/N-ethyl adjacent to an activating group) is 1. The lowest BCUT2D eigenvalue weighted by Crippen LogP contribution is -2.51. The van der Waals surface area contributed by atoms with Crippen LogP contribution in [0.4, 0.5) is 0 Å². The van der Waals surface area contributed by atoms with E-state index in [-0.39, 0.29) is 6.10 Å². The average Bonchev–Trinajstić information content (AvgIpc) is 2.27. The van der Waals surface area contributed by atoms with E-state index in [0.717, 1.165) is 26.2 Å². The molecular weight excluding hydrogens is 242 g/mol. The lowest BCUT2D eigenvalue weighted by Gasteiger charge is -2.36. The second-order valence-corrected chi connectivity index (χ2v) is 6.45. The summed E-state index contributed by atoms with van der Waals surface area (Å²) in [7, 11) is 3.94. The molecule has 5 nitrogen and oxygen atoms in total. The van der Waals surface area contributed by atoms with E-state index in [2.05, 4.69) is 24.1 Å². The first-order valence-electron chi connectivity index (χ1n) is 7.23. The van der Waals surface area contributed by atoms with Crippen molar-refractivity contribution < 1.29 is 9.84 Å². The summed E-state index contributed by atoms with van der Waals surface area (Å²) in [4.78, 5) is 4.44. The minimum absolute atomic E-state index is 0.228. The van der Waals surface area contributed by atoms with Gasteiger partial charge in [-0.3, -0.25) is 4.90 Å². The lowest BCUT2D eigenvalue weighted by atomic mass is 10.1. The molecule has 0 aromatic rings. The predicted molar refractivity (Wildman–Crippen MR) is 78.5 cm³/mol. The maximum atomic E-state index is 10.2. The highest BCUT2D eigenvalue weighted by atomic mass is 16.5. The Hall–Kier alpha value is -0.200. The first kappa shape index (κ1) is 16.9. The van der Waals surface area contributed by atoms with Crippen LogP contribution >= 0.6 is 0 Å². The normalized spacial score (nSPS) is 24.9. The Balaban J connectivity index is 2.25. The molecule has 0 aromatic carbocycles.